The van der Waals surface area contributed by atoms with Gasteiger partial charge in [-0.2, -0.15) is 0 Å². The molecule has 0 unspecified atom stereocenters. The van der Waals surface area contributed by atoms with Crippen molar-refractivity contribution in [3.63, 3.8) is 0 Å². The zero-order valence-electron chi connectivity index (χ0n) is 10.9. The highest BCUT2D eigenvalue weighted by molar-refractivity contribution is 6.00. The molecule has 98 valence electrons. The molecule has 0 amide bonds. The molecule has 0 aliphatic carbocycles. The Morgan fingerprint density at radius 1 is 1.16 bits per heavy atom. The summed E-state index contributed by atoms with van der Waals surface area (Å²) < 4.78 is 2.10. The molecule has 19 heavy (non-hydrogen) atoms. The lowest BCUT2D eigenvalue weighted by Gasteiger charge is -2.17. The number of hydrogen-bond donors (Lipinski definition) is 1. The molecule has 2 aromatic rings. The number of fused-ring (bicyclic) bond motifs is 1. The second-order valence-electron chi connectivity index (χ2n) is 4.93. The molecule has 3 rings (SSSR count). The fourth-order valence-corrected chi connectivity index (χ4v) is 2.55. The number of hydrogen-bond acceptors (Lipinski definition) is 2. The highest BCUT2D eigenvalue weighted by Gasteiger charge is 2.22. The maximum atomic E-state index is 8.17. The molecular formula is C15H18N4. The molecule has 0 fully saturated rings. The summed E-state index contributed by atoms with van der Waals surface area (Å²) in [7, 11) is 0. The van der Waals surface area contributed by atoms with Crippen molar-refractivity contribution in [2.24, 2.45) is 0 Å². The first-order valence-electron chi connectivity index (χ1n) is 6.72. The van der Waals surface area contributed by atoms with E-state index in [0.717, 1.165) is 38.0 Å². The van der Waals surface area contributed by atoms with E-state index in [0.29, 0.717) is 5.84 Å². The van der Waals surface area contributed by atoms with Crippen molar-refractivity contribution in [3.05, 3.63) is 54.1 Å². The van der Waals surface area contributed by atoms with Crippen molar-refractivity contribution in [3.8, 4) is 0 Å². The summed E-state index contributed by atoms with van der Waals surface area (Å²) in [6.45, 7) is 2.86. The molecule has 0 atom stereocenters. The summed E-state index contributed by atoms with van der Waals surface area (Å²) in [4.78, 5) is 6.20. The number of aromatic nitrogens is 2. The predicted molar refractivity (Wildman–Crippen MR) is 75.1 cm³/mol. The highest BCUT2D eigenvalue weighted by atomic mass is 15.2. The molecule has 1 N–H and O–H groups in total. The lowest BCUT2D eigenvalue weighted by molar-refractivity contribution is 0.404. The van der Waals surface area contributed by atoms with Gasteiger partial charge in [0.2, 0.25) is 0 Å². The number of amidine groups is 1. The van der Waals surface area contributed by atoms with Gasteiger partial charge < -0.3 is 9.47 Å². The minimum atomic E-state index is 0.679. The van der Waals surface area contributed by atoms with E-state index in [1.54, 1.807) is 0 Å². The fourth-order valence-electron chi connectivity index (χ4n) is 2.55. The molecule has 0 spiro atoms. The Labute approximate surface area is 113 Å². The van der Waals surface area contributed by atoms with Gasteiger partial charge in [-0.1, -0.05) is 24.3 Å². The number of nitrogens with one attached hydrogen (secondary N) is 1. The first kappa shape index (κ1) is 12.0. The van der Waals surface area contributed by atoms with Crippen LogP contribution in [-0.2, 0) is 13.1 Å². The number of unbranched alkanes of at least 4 members (excludes halogenated alkanes) is 1. The van der Waals surface area contributed by atoms with Gasteiger partial charge >= 0.3 is 0 Å². The van der Waals surface area contributed by atoms with Crippen molar-refractivity contribution >= 4 is 5.84 Å². The van der Waals surface area contributed by atoms with Crippen LogP contribution in [0, 0.1) is 5.41 Å². The Hall–Kier alpha value is -2.10. The molecule has 0 bridgehead atoms. The molecule has 0 saturated carbocycles. The number of nitrogens with zero attached hydrogens (tertiary/aromatic N) is 3. The van der Waals surface area contributed by atoms with Gasteiger partial charge in [-0.3, -0.25) is 5.41 Å². The average Bonchev–Trinajstić information content (AvgIpc) is 3.04. The molecule has 0 radical (unpaired) electrons. The van der Waals surface area contributed by atoms with E-state index in [2.05, 4.69) is 26.6 Å². The van der Waals surface area contributed by atoms with Gasteiger partial charge in [0.05, 0.1) is 6.33 Å². The summed E-state index contributed by atoms with van der Waals surface area (Å²) >= 11 is 0. The second kappa shape index (κ2) is 5.26. The molecule has 4 nitrogen and oxygen atoms in total. The Balaban J connectivity index is 1.49. The fraction of sp³-hybridized carbons (Fsp3) is 0.333. The lowest BCUT2D eigenvalue weighted by atomic mass is 10.1. The first-order chi connectivity index (χ1) is 9.34. The molecule has 1 aromatic carbocycles. The van der Waals surface area contributed by atoms with Crippen LogP contribution in [0.4, 0.5) is 0 Å². The van der Waals surface area contributed by atoms with E-state index in [1.165, 1.54) is 5.56 Å². The third-order valence-corrected chi connectivity index (χ3v) is 3.60. The van der Waals surface area contributed by atoms with Gasteiger partial charge in [0, 0.05) is 37.6 Å². The summed E-state index contributed by atoms with van der Waals surface area (Å²) in [6, 6.07) is 8.23. The van der Waals surface area contributed by atoms with Crippen LogP contribution in [0.15, 0.2) is 43.0 Å². The van der Waals surface area contributed by atoms with E-state index in [9.17, 15) is 0 Å². The minimum Gasteiger partial charge on any atom is -0.352 e. The van der Waals surface area contributed by atoms with Crippen molar-refractivity contribution in [2.45, 2.75) is 25.9 Å². The van der Waals surface area contributed by atoms with E-state index >= 15 is 0 Å². The zero-order valence-corrected chi connectivity index (χ0v) is 10.9. The summed E-state index contributed by atoms with van der Waals surface area (Å²) in [5, 5.41) is 8.17. The van der Waals surface area contributed by atoms with Crippen LogP contribution in [0.1, 0.15) is 24.0 Å². The Kier molecular flexibility index (Phi) is 3.31. The van der Waals surface area contributed by atoms with Gasteiger partial charge in [0.1, 0.15) is 5.84 Å². The van der Waals surface area contributed by atoms with Crippen LogP contribution in [0.2, 0.25) is 0 Å². The number of imidazole rings is 1. The first-order valence-corrected chi connectivity index (χ1v) is 6.72. The van der Waals surface area contributed by atoms with Crippen LogP contribution in [-0.4, -0.2) is 26.8 Å². The van der Waals surface area contributed by atoms with Crippen LogP contribution in [0.25, 0.3) is 0 Å². The molecular weight excluding hydrogens is 236 g/mol. The van der Waals surface area contributed by atoms with Crippen LogP contribution >= 0.6 is 0 Å². The van der Waals surface area contributed by atoms with E-state index < -0.39 is 0 Å². The predicted octanol–water partition coefficient (Wildman–Crippen LogP) is 2.50. The minimum absolute atomic E-state index is 0.679. The van der Waals surface area contributed by atoms with E-state index in [-0.39, 0.29) is 0 Å². The quantitative estimate of drug-likeness (QED) is 0.833. The molecule has 1 aliphatic heterocycles. The molecule has 1 aliphatic rings. The number of rotatable bonds is 5. The summed E-state index contributed by atoms with van der Waals surface area (Å²) in [5.74, 6) is 0.679. The topological polar surface area (TPSA) is 44.9 Å². The largest absolute Gasteiger partial charge is 0.352 e. The molecule has 1 aromatic heterocycles. The lowest BCUT2D eigenvalue weighted by Crippen LogP contribution is -2.25. The van der Waals surface area contributed by atoms with Gasteiger partial charge in [-0.15, -0.1) is 0 Å². The van der Waals surface area contributed by atoms with E-state index in [1.807, 2.05) is 30.9 Å². The Bertz CT molecular complexity index is 559. The highest BCUT2D eigenvalue weighted by Crippen LogP contribution is 2.22. The van der Waals surface area contributed by atoms with Crippen LogP contribution < -0.4 is 0 Å². The van der Waals surface area contributed by atoms with Crippen LogP contribution in [0.3, 0.4) is 0 Å². The SMILES string of the molecule is N=C1c2ccccc2CN1CCCCn1ccnc1. The van der Waals surface area contributed by atoms with Gasteiger partial charge in [0.15, 0.2) is 0 Å². The van der Waals surface area contributed by atoms with Crippen LogP contribution in [0.5, 0.6) is 0 Å². The normalized spacial score (nSPS) is 13.9. The van der Waals surface area contributed by atoms with Crippen molar-refractivity contribution < 1.29 is 0 Å². The van der Waals surface area contributed by atoms with Gasteiger partial charge in [-0.25, -0.2) is 4.98 Å². The zero-order chi connectivity index (χ0) is 13.1. The van der Waals surface area contributed by atoms with E-state index in [4.69, 9.17) is 5.41 Å². The maximum absolute atomic E-state index is 8.17. The average molecular weight is 254 g/mol. The van der Waals surface area contributed by atoms with Crippen molar-refractivity contribution in [1.82, 2.24) is 14.5 Å². The molecule has 4 heteroatoms. The van der Waals surface area contributed by atoms with Gasteiger partial charge in [0.25, 0.3) is 0 Å². The second-order valence-corrected chi connectivity index (χ2v) is 4.93. The van der Waals surface area contributed by atoms with Crippen molar-refractivity contribution in [1.29, 1.82) is 5.41 Å². The smallest absolute Gasteiger partial charge is 0.128 e. The third kappa shape index (κ3) is 2.52. The number of benzene rings is 1. The Morgan fingerprint density at radius 2 is 2.00 bits per heavy atom. The van der Waals surface area contributed by atoms with Crippen molar-refractivity contribution in [2.75, 3.05) is 6.54 Å². The summed E-state index contributed by atoms with van der Waals surface area (Å²) in [6.07, 6.45) is 7.89. The number of aryl methyl sites for hydroxylation is 1. The standard InChI is InChI=1S/C15H18N4/c16-15-14-6-2-1-5-13(14)11-19(15)9-4-3-8-18-10-7-17-12-18/h1-2,5-7,10,12,16H,3-4,8-9,11H2. The monoisotopic (exact) mass is 254 g/mol. The third-order valence-electron chi connectivity index (χ3n) is 3.60. The summed E-state index contributed by atoms with van der Waals surface area (Å²) in [5.41, 5.74) is 2.37. The molecule has 0 saturated heterocycles. The maximum Gasteiger partial charge on any atom is 0.128 e. The van der Waals surface area contributed by atoms with Gasteiger partial charge in [-0.05, 0) is 18.4 Å². The Morgan fingerprint density at radius 3 is 2.79 bits per heavy atom. The molecule has 2 heterocycles.